The van der Waals surface area contributed by atoms with Gasteiger partial charge >= 0.3 is 6.03 Å². The van der Waals surface area contributed by atoms with Gasteiger partial charge in [-0.05, 0) is 25.2 Å². The van der Waals surface area contributed by atoms with Crippen molar-refractivity contribution in [3.8, 4) is 0 Å². The van der Waals surface area contributed by atoms with Crippen LogP contribution in [0.3, 0.4) is 0 Å². The maximum atomic E-state index is 11.5. The van der Waals surface area contributed by atoms with Crippen LogP contribution in [0.15, 0.2) is 0 Å². The molecule has 18 heavy (non-hydrogen) atoms. The van der Waals surface area contributed by atoms with E-state index in [2.05, 4.69) is 31.4 Å². The fourth-order valence-corrected chi connectivity index (χ4v) is 2.87. The lowest BCUT2D eigenvalue weighted by Gasteiger charge is -2.17. The van der Waals surface area contributed by atoms with E-state index in [9.17, 15) is 9.90 Å². The zero-order valence-electron chi connectivity index (χ0n) is 11.7. The third-order valence-corrected chi connectivity index (χ3v) is 4.26. The molecule has 0 unspecified atom stereocenters. The second-order valence-electron chi connectivity index (χ2n) is 5.93. The van der Waals surface area contributed by atoms with Gasteiger partial charge < -0.3 is 15.7 Å². The minimum Gasteiger partial charge on any atom is -0.393 e. The van der Waals surface area contributed by atoms with Crippen molar-refractivity contribution in [3.05, 3.63) is 0 Å². The summed E-state index contributed by atoms with van der Waals surface area (Å²) in [5.41, 5.74) is 0. The molecule has 0 heterocycles. The number of nitrogens with one attached hydrogen (secondary N) is 2. The topological polar surface area (TPSA) is 61.4 Å². The third-order valence-electron chi connectivity index (χ3n) is 2.99. The Bertz CT molecular complexity index is 266. The highest BCUT2D eigenvalue weighted by molar-refractivity contribution is 8.00. The van der Waals surface area contributed by atoms with Crippen LogP contribution in [0.4, 0.5) is 4.79 Å². The highest BCUT2D eigenvalue weighted by Crippen LogP contribution is 2.24. The average molecular weight is 274 g/mol. The number of amides is 2. The van der Waals surface area contributed by atoms with E-state index in [0.29, 0.717) is 19.0 Å². The van der Waals surface area contributed by atoms with Crippen molar-refractivity contribution in [1.29, 1.82) is 0 Å². The smallest absolute Gasteiger partial charge is 0.314 e. The molecular weight excluding hydrogens is 248 g/mol. The molecule has 1 aliphatic carbocycles. The van der Waals surface area contributed by atoms with Crippen LogP contribution in [-0.2, 0) is 0 Å². The van der Waals surface area contributed by atoms with Gasteiger partial charge in [0.15, 0.2) is 0 Å². The summed E-state index contributed by atoms with van der Waals surface area (Å²) in [6, 6.07) is -0.0918. The standard InChI is InChI=1S/C13H26N2O2S/c1-13(2,3)18-7-6-14-12(17)15-9-10-4-5-11(16)8-10/h10-11,16H,4-9H2,1-3H3,(H2,14,15,17)/t10-,11-/m0/s1. The Labute approximate surface area is 114 Å². The number of carbonyl (C=O) groups excluding carboxylic acids is 1. The molecule has 0 aromatic carbocycles. The quantitative estimate of drug-likeness (QED) is 0.672. The molecule has 106 valence electrons. The van der Waals surface area contributed by atoms with Gasteiger partial charge in [-0.25, -0.2) is 4.79 Å². The van der Waals surface area contributed by atoms with E-state index in [1.165, 1.54) is 0 Å². The Hall–Kier alpha value is -0.420. The summed E-state index contributed by atoms with van der Waals surface area (Å²) < 4.78 is 0.248. The molecular formula is C13H26N2O2S. The fourth-order valence-electron chi connectivity index (χ4n) is 2.06. The van der Waals surface area contributed by atoms with Gasteiger partial charge in [0.1, 0.15) is 0 Å². The van der Waals surface area contributed by atoms with Crippen molar-refractivity contribution in [2.75, 3.05) is 18.8 Å². The lowest BCUT2D eigenvalue weighted by molar-refractivity contribution is 0.177. The van der Waals surface area contributed by atoms with Crippen LogP contribution in [0.2, 0.25) is 0 Å². The number of thioether (sulfide) groups is 1. The van der Waals surface area contributed by atoms with E-state index in [1.807, 2.05) is 11.8 Å². The molecule has 1 aliphatic rings. The van der Waals surface area contributed by atoms with Crippen molar-refractivity contribution >= 4 is 17.8 Å². The van der Waals surface area contributed by atoms with E-state index >= 15 is 0 Å². The van der Waals surface area contributed by atoms with Gasteiger partial charge in [0, 0.05) is 23.6 Å². The summed E-state index contributed by atoms with van der Waals surface area (Å²) in [6.07, 6.45) is 2.54. The highest BCUT2D eigenvalue weighted by Gasteiger charge is 2.22. The van der Waals surface area contributed by atoms with E-state index in [4.69, 9.17) is 0 Å². The van der Waals surface area contributed by atoms with E-state index < -0.39 is 0 Å². The second kappa shape index (κ2) is 7.24. The molecule has 2 amide bonds. The molecule has 1 saturated carbocycles. The second-order valence-corrected chi connectivity index (χ2v) is 7.85. The van der Waals surface area contributed by atoms with Crippen molar-refractivity contribution in [2.45, 2.75) is 50.9 Å². The van der Waals surface area contributed by atoms with Crippen LogP contribution in [0.1, 0.15) is 40.0 Å². The lowest BCUT2D eigenvalue weighted by atomic mass is 10.1. The van der Waals surface area contributed by atoms with Gasteiger partial charge in [0.25, 0.3) is 0 Å². The van der Waals surface area contributed by atoms with Crippen LogP contribution in [0.25, 0.3) is 0 Å². The van der Waals surface area contributed by atoms with E-state index in [1.54, 1.807) is 0 Å². The summed E-state index contributed by atoms with van der Waals surface area (Å²) in [7, 11) is 0. The largest absolute Gasteiger partial charge is 0.393 e. The minimum absolute atomic E-state index is 0.0918. The number of aliphatic hydroxyl groups excluding tert-OH is 1. The normalized spacial score (nSPS) is 24.0. The summed E-state index contributed by atoms with van der Waals surface area (Å²) in [4.78, 5) is 11.5. The van der Waals surface area contributed by atoms with E-state index in [0.717, 1.165) is 25.0 Å². The maximum Gasteiger partial charge on any atom is 0.314 e. The molecule has 2 atom stereocenters. The van der Waals surface area contributed by atoms with Crippen molar-refractivity contribution < 1.29 is 9.90 Å². The van der Waals surface area contributed by atoms with Gasteiger partial charge in [0.2, 0.25) is 0 Å². The van der Waals surface area contributed by atoms with Gasteiger partial charge in [-0.2, -0.15) is 11.8 Å². The van der Waals surface area contributed by atoms with Gasteiger partial charge in [-0.3, -0.25) is 0 Å². The molecule has 0 radical (unpaired) electrons. The molecule has 0 aliphatic heterocycles. The molecule has 4 nitrogen and oxygen atoms in total. The number of hydrogen-bond acceptors (Lipinski definition) is 3. The number of urea groups is 1. The van der Waals surface area contributed by atoms with Crippen LogP contribution >= 0.6 is 11.8 Å². The SMILES string of the molecule is CC(C)(C)SCCNC(=O)NC[C@H]1CC[C@H](O)C1. The third kappa shape index (κ3) is 7.11. The molecule has 0 bridgehead atoms. The number of aliphatic hydroxyl groups is 1. The molecule has 5 heteroatoms. The van der Waals surface area contributed by atoms with Gasteiger partial charge in [-0.15, -0.1) is 0 Å². The summed E-state index contributed by atoms with van der Waals surface area (Å²) in [5, 5.41) is 15.1. The summed E-state index contributed by atoms with van der Waals surface area (Å²) in [5.74, 6) is 1.37. The van der Waals surface area contributed by atoms with Crippen molar-refractivity contribution in [3.63, 3.8) is 0 Å². The van der Waals surface area contributed by atoms with Crippen molar-refractivity contribution in [1.82, 2.24) is 10.6 Å². The van der Waals surface area contributed by atoms with Crippen LogP contribution in [0.5, 0.6) is 0 Å². The average Bonchev–Trinajstić information content (AvgIpc) is 2.66. The minimum atomic E-state index is -0.164. The monoisotopic (exact) mass is 274 g/mol. The molecule has 0 aromatic rings. The van der Waals surface area contributed by atoms with Crippen LogP contribution in [0, 0.1) is 5.92 Å². The number of rotatable bonds is 5. The fraction of sp³-hybridized carbons (Fsp3) is 0.923. The predicted molar refractivity (Wildman–Crippen MR) is 77.0 cm³/mol. The number of hydrogen-bond donors (Lipinski definition) is 3. The maximum absolute atomic E-state index is 11.5. The first-order valence-electron chi connectivity index (χ1n) is 6.70. The first kappa shape index (κ1) is 15.6. The summed E-state index contributed by atoms with van der Waals surface area (Å²) in [6.45, 7) is 7.88. The summed E-state index contributed by atoms with van der Waals surface area (Å²) >= 11 is 1.84. The van der Waals surface area contributed by atoms with Crippen molar-refractivity contribution in [2.24, 2.45) is 5.92 Å². The molecule has 0 aromatic heterocycles. The van der Waals surface area contributed by atoms with E-state index in [-0.39, 0.29) is 16.9 Å². The van der Waals surface area contributed by atoms with Gasteiger partial charge in [0.05, 0.1) is 6.10 Å². The van der Waals surface area contributed by atoms with Gasteiger partial charge in [-0.1, -0.05) is 20.8 Å². The zero-order chi connectivity index (χ0) is 13.6. The Morgan fingerprint density at radius 2 is 2.06 bits per heavy atom. The molecule has 0 saturated heterocycles. The van der Waals surface area contributed by atoms with Crippen LogP contribution in [-0.4, -0.2) is 40.8 Å². The first-order chi connectivity index (χ1) is 8.37. The first-order valence-corrected chi connectivity index (χ1v) is 7.69. The lowest BCUT2D eigenvalue weighted by Crippen LogP contribution is -2.39. The molecule has 1 fully saturated rings. The Kier molecular flexibility index (Phi) is 6.29. The zero-order valence-corrected chi connectivity index (χ0v) is 12.5. The molecule has 1 rings (SSSR count). The Balaban J connectivity index is 2.00. The Morgan fingerprint density at radius 3 is 2.61 bits per heavy atom. The predicted octanol–water partition coefficient (Wildman–Crippen LogP) is 1.98. The number of carbonyl (C=O) groups is 1. The van der Waals surface area contributed by atoms with Crippen LogP contribution < -0.4 is 10.6 Å². The molecule has 3 N–H and O–H groups in total. The highest BCUT2D eigenvalue weighted by atomic mass is 32.2. The molecule has 0 spiro atoms. The Morgan fingerprint density at radius 1 is 1.33 bits per heavy atom.